The second kappa shape index (κ2) is 6.22. The van der Waals surface area contributed by atoms with E-state index in [1.807, 2.05) is 13.0 Å². The normalized spacial score (nSPS) is 14.4. The van der Waals surface area contributed by atoms with E-state index in [4.69, 9.17) is 4.74 Å². The molecule has 21 heavy (non-hydrogen) atoms. The Bertz CT molecular complexity index is 609. The smallest absolute Gasteiger partial charge is 0.165 e. The summed E-state index contributed by atoms with van der Waals surface area (Å²) in [5, 5.41) is 7.41. The molecule has 0 radical (unpaired) electrons. The van der Waals surface area contributed by atoms with Crippen molar-refractivity contribution < 1.29 is 9.13 Å². The first kappa shape index (κ1) is 14.0. The molecular weight excluding hydrogens is 271 g/mol. The second-order valence-electron chi connectivity index (χ2n) is 5.20. The molecule has 1 N–H and O–H groups in total. The molecule has 0 spiro atoms. The van der Waals surface area contributed by atoms with Gasteiger partial charge in [-0.05, 0) is 37.5 Å². The number of halogens is 1. The van der Waals surface area contributed by atoms with Gasteiger partial charge in [0.15, 0.2) is 17.4 Å². The van der Waals surface area contributed by atoms with E-state index in [0.717, 1.165) is 5.56 Å². The van der Waals surface area contributed by atoms with Gasteiger partial charge in [0.25, 0.3) is 0 Å². The fraction of sp³-hybridized carbons (Fsp3) is 0.467. The van der Waals surface area contributed by atoms with Crippen LogP contribution >= 0.6 is 0 Å². The molecule has 1 aliphatic rings. The topological polar surface area (TPSA) is 52.0 Å². The van der Waals surface area contributed by atoms with E-state index >= 15 is 0 Å². The zero-order chi connectivity index (χ0) is 14.7. The maximum Gasteiger partial charge on any atom is 0.165 e. The van der Waals surface area contributed by atoms with Gasteiger partial charge < -0.3 is 10.1 Å². The molecule has 1 saturated carbocycles. The summed E-state index contributed by atoms with van der Waals surface area (Å²) in [6, 6.07) is 5.70. The first-order chi connectivity index (χ1) is 10.3. The Kier molecular flexibility index (Phi) is 4.15. The fourth-order valence-corrected chi connectivity index (χ4v) is 2.13. The lowest BCUT2D eigenvalue weighted by Crippen LogP contribution is -2.15. The third-order valence-electron chi connectivity index (χ3n) is 3.52. The van der Waals surface area contributed by atoms with E-state index in [-0.39, 0.29) is 18.2 Å². The Morgan fingerprint density at radius 2 is 2.29 bits per heavy atom. The lowest BCUT2D eigenvalue weighted by molar-refractivity contribution is 0.273. The molecule has 1 aromatic carbocycles. The van der Waals surface area contributed by atoms with Crippen molar-refractivity contribution in [1.82, 2.24) is 20.1 Å². The van der Waals surface area contributed by atoms with Gasteiger partial charge in [-0.1, -0.05) is 6.07 Å². The average molecular weight is 290 g/mol. The summed E-state index contributed by atoms with van der Waals surface area (Å²) in [5.41, 5.74) is 0.934. The van der Waals surface area contributed by atoms with E-state index in [0.29, 0.717) is 25.0 Å². The van der Waals surface area contributed by atoms with Gasteiger partial charge in [-0.2, -0.15) is 5.10 Å². The highest BCUT2D eigenvalue weighted by Crippen LogP contribution is 2.22. The zero-order valence-electron chi connectivity index (χ0n) is 12.1. The van der Waals surface area contributed by atoms with Crippen molar-refractivity contribution in [2.45, 2.75) is 45.5 Å². The standard InChI is InChI=1S/C15H19FN4O/c1-2-20-15(18-10-19-20)9-21-14-6-3-11(7-13(14)16)8-17-12-4-5-12/h3,6-7,10,12,17H,2,4-5,8-9H2,1H3. The first-order valence-corrected chi connectivity index (χ1v) is 7.27. The Labute approximate surface area is 123 Å². The molecule has 1 fully saturated rings. The number of benzene rings is 1. The predicted molar refractivity (Wildman–Crippen MR) is 76.3 cm³/mol. The molecule has 0 amide bonds. The average Bonchev–Trinajstić information content (AvgIpc) is 3.21. The number of nitrogens with zero attached hydrogens (tertiary/aromatic N) is 3. The molecule has 0 saturated heterocycles. The number of rotatable bonds is 7. The van der Waals surface area contributed by atoms with Crippen molar-refractivity contribution in [2.75, 3.05) is 0 Å². The summed E-state index contributed by atoms with van der Waals surface area (Å²) in [5.74, 6) is 0.597. The maximum atomic E-state index is 14.0. The van der Waals surface area contributed by atoms with E-state index in [1.54, 1.807) is 10.7 Å². The summed E-state index contributed by atoms with van der Waals surface area (Å²) in [6.45, 7) is 3.60. The van der Waals surface area contributed by atoms with Crippen LogP contribution in [0.5, 0.6) is 5.75 Å². The molecule has 3 rings (SSSR count). The highest BCUT2D eigenvalue weighted by molar-refractivity contribution is 5.29. The van der Waals surface area contributed by atoms with Crippen molar-refractivity contribution in [2.24, 2.45) is 0 Å². The Morgan fingerprint density at radius 3 is 3.00 bits per heavy atom. The highest BCUT2D eigenvalue weighted by Gasteiger charge is 2.20. The number of hydrogen-bond donors (Lipinski definition) is 1. The van der Waals surface area contributed by atoms with E-state index in [2.05, 4.69) is 15.4 Å². The van der Waals surface area contributed by atoms with Gasteiger partial charge in [0.2, 0.25) is 0 Å². The molecule has 0 bridgehead atoms. The first-order valence-electron chi connectivity index (χ1n) is 7.27. The molecule has 5 nitrogen and oxygen atoms in total. The molecule has 0 unspecified atom stereocenters. The van der Waals surface area contributed by atoms with Crippen LogP contribution < -0.4 is 10.1 Å². The quantitative estimate of drug-likeness (QED) is 0.850. The van der Waals surface area contributed by atoms with Gasteiger partial charge in [0, 0.05) is 19.1 Å². The summed E-state index contributed by atoms with van der Waals surface area (Å²) in [7, 11) is 0. The van der Waals surface area contributed by atoms with Crippen LogP contribution in [-0.4, -0.2) is 20.8 Å². The summed E-state index contributed by atoms with van der Waals surface area (Å²) in [4.78, 5) is 4.10. The van der Waals surface area contributed by atoms with Crippen LogP contribution in [0.1, 0.15) is 31.2 Å². The summed E-state index contributed by atoms with van der Waals surface area (Å²) in [6.07, 6.45) is 3.93. The molecule has 112 valence electrons. The molecule has 6 heteroatoms. The number of nitrogens with one attached hydrogen (secondary N) is 1. The van der Waals surface area contributed by atoms with Crippen LogP contribution in [-0.2, 0) is 19.7 Å². The largest absolute Gasteiger partial charge is 0.483 e. The van der Waals surface area contributed by atoms with Crippen LogP contribution in [0.25, 0.3) is 0 Å². The second-order valence-corrected chi connectivity index (χ2v) is 5.20. The van der Waals surface area contributed by atoms with Gasteiger partial charge in [-0.15, -0.1) is 0 Å². The third-order valence-corrected chi connectivity index (χ3v) is 3.52. The minimum Gasteiger partial charge on any atom is -0.483 e. The lowest BCUT2D eigenvalue weighted by Gasteiger charge is -2.09. The van der Waals surface area contributed by atoms with Crippen molar-refractivity contribution in [3.63, 3.8) is 0 Å². The molecule has 1 aromatic heterocycles. The van der Waals surface area contributed by atoms with Crippen LogP contribution in [0.3, 0.4) is 0 Å². The highest BCUT2D eigenvalue weighted by atomic mass is 19.1. The van der Waals surface area contributed by atoms with E-state index in [1.165, 1.54) is 25.2 Å². The van der Waals surface area contributed by atoms with Crippen LogP contribution in [0.4, 0.5) is 4.39 Å². The van der Waals surface area contributed by atoms with Crippen molar-refractivity contribution in [3.05, 3.63) is 41.7 Å². The molecule has 0 atom stereocenters. The molecular formula is C15H19FN4O. The third kappa shape index (κ3) is 3.58. The van der Waals surface area contributed by atoms with E-state index in [9.17, 15) is 4.39 Å². The minimum atomic E-state index is -0.340. The van der Waals surface area contributed by atoms with Crippen LogP contribution in [0.15, 0.2) is 24.5 Å². The van der Waals surface area contributed by atoms with Crippen molar-refractivity contribution >= 4 is 0 Å². The zero-order valence-corrected chi connectivity index (χ0v) is 12.1. The van der Waals surface area contributed by atoms with E-state index < -0.39 is 0 Å². The SMILES string of the molecule is CCn1ncnc1COc1ccc(CNC2CC2)cc1F. The van der Waals surface area contributed by atoms with Crippen molar-refractivity contribution in [3.8, 4) is 5.75 Å². The number of hydrogen-bond acceptors (Lipinski definition) is 4. The van der Waals surface area contributed by atoms with Crippen molar-refractivity contribution in [1.29, 1.82) is 0 Å². The van der Waals surface area contributed by atoms with Crippen LogP contribution in [0, 0.1) is 5.82 Å². The number of aromatic nitrogens is 3. The number of ether oxygens (including phenoxy) is 1. The number of aryl methyl sites for hydroxylation is 1. The monoisotopic (exact) mass is 290 g/mol. The lowest BCUT2D eigenvalue weighted by atomic mass is 10.2. The fourth-order valence-electron chi connectivity index (χ4n) is 2.13. The Morgan fingerprint density at radius 1 is 1.43 bits per heavy atom. The predicted octanol–water partition coefficient (Wildman–Crippen LogP) is 2.27. The molecule has 1 heterocycles. The van der Waals surface area contributed by atoms with Gasteiger partial charge in [-0.25, -0.2) is 14.1 Å². The van der Waals surface area contributed by atoms with Gasteiger partial charge >= 0.3 is 0 Å². The molecule has 0 aliphatic heterocycles. The summed E-state index contributed by atoms with van der Waals surface area (Å²) < 4.78 is 21.2. The minimum absolute atomic E-state index is 0.213. The Balaban J connectivity index is 1.59. The van der Waals surface area contributed by atoms with Gasteiger partial charge in [0.1, 0.15) is 12.9 Å². The maximum absolute atomic E-state index is 14.0. The molecule has 1 aliphatic carbocycles. The van der Waals surface area contributed by atoms with Gasteiger partial charge in [-0.3, -0.25) is 0 Å². The van der Waals surface area contributed by atoms with Crippen LogP contribution in [0.2, 0.25) is 0 Å². The molecule has 2 aromatic rings. The van der Waals surface area contributed by atoms with Gasteiger partial charge in [0.05, 0.1) is 0 Å². The Hall–Kier alpha value is -1.95. The summed E-state index contributed by atoms with van der Waals surface area (Å²) >= 11 is 0.